The van der Waals surface area contributed by atoms with Crippen LogP contribution in [0, 0.1) is 0 Å². The van der Waals surface area contributed by atoms with Crippen molar-refractivity contribution in [3.05, 3.63) is 32.6 Å². The van der Waals surface area contributed by atoms with Crippen LogP contribution in [-0.4, -0.2) is 42.1 Å². The molecule has 0 unspecified atom stereocenters. The van der Waals surface area contributed by atoms with Crippen LogP contribution in [-0.2, 0) is 6.54 Å². The number of hydrogen-bond acceptors (Lipinski definition) is 4. The molecule has 0 saturated heterocycles. The minimum Gasteiger partial charge on any atom is -0.314 e. The lowest BCUT2D eigenvalue weighted by Crippen LogP contribution is -2.28. The lowest BCUT2D eigenvalue weighted by Gasteiger charge is -2.09. The Morgan fingerprint density at radius 3 is 2.65 bits per heavy atom. The van der Waals surface area contributed by atoms with E-state index in [9.17, 15) is 9.59 Å². The lowest BCUT2D eigenvalue weighted by molar-refractivity contribution is 0.394. The minimum atomic E-state index is -0.471. The highest BCUT2D eigenvalue weighted by Gasteiger charge is 1.99. The topological polar surface area (TPSA) is 81.0 Å². The smallest absolute Gasteiger partial charge is 0.314 e. The van der Waals surface area contributed by atoms with Gasteiger partial charge in [-0.3, -0.25) is 9.78 Å². The summed E-state index contributed by atoms with van der Waals surface area (Å²) < 4.78 is 0. The Morgan fingerprint density at radius 1 is 1.35 bits per heavy atom. The molecule has 0 atom stereocenters. The molecule has 0 radical (unpaired) electrons. The highest BCUT2D eigenvalue weighted by atomic mass is 35.5. The van der Waals surface area contributed by atoms with Crippen LogP contribution >= 0.6 is 12.4 Å². The van der Waals surface area contributed by atoms with E-state index in [4.69, 9.17) is 0 Å². The van der Waals surface area contributed by atoms with Gasteiger partial charge >= 0.3 is 5.69 Å². The molecule has 17 heavy (non-hydrogen) atoms. The Kier molecular flexibility index (Phi) is 7.53. The first-order chi connectivity index (χ1) is 7.59. The van der Waals surface area contributed by atoms with Crippen LogP contribution in [0.4, 0.5) is 0 Å². The maximum atomic E-state index is 11.3. The van der Waals surface area contributed by atoms with Gasteiger partial charge in [-0.2, -0.15) is 0 Å². The summed E-state index contributed by atoms with van der Waals surface area (Å²) in [5.74, 6) is 0. The molecule has 1 aromatic heterocycles. The Labute approximate surface area is 106 Å². The summed E-state index contributed by atoms with van der Waals surface area (Å²) in [5, 5.41) is 3.15. The third-order valence-electron chi connectivity index (χ3n) is 2.17. The first-order valence-corrected chi connectivity index (χ1v) is 5.26. The van der Waals surface area contributed by atoms with Crippen LogP contribution in [0.25, 0.3) is 0 Å². The van der Waals surface area contributed by atoms with Crippen molar-refractivity contribution in [2.24, 2.45) is 0 Å². The van der Waals surface area contributed by atoms with Gasteiger partial charge in [0.25, 0.3) is 5.56 Å². The Bertz CT molecular complexity index is 427. The zero-order chi connectivity index (χ0) is 12.0. The van der Waals surface area contributed by atoms with Gasteiger partial charge in [0.05, 0.1) is 0 Å². The van der Waals surface area contributed by atoms with E-state index in [2.05, 4.69) is 20.2 Å². The molecule has 0 saturated carbocycles. The number of hydrogen-bond donors (Lipinski definition) is 3. The number of nitrogens with one attached hydrogen (secondary N) is 3. The monoisotopic (exact) mass is 262 g/mol. The highest BCUT2D eigenvalue weighted by Crippen LogP contribution is 1.85. The Balaban J connectivity index is 0.00000256. The molecule has 1 heterocycles. The van der Waals surface area contributed by atoms with Crippen LogP contribution in [0.3, 0.4) is 0 Å². The van der Waals surface area contributed by atoms with Gasteiger partial charge in [-0.25, -0.2) is 4.79 Å². The fraction of sp³-hybridized carbons (Fsp3) is 0.600. The van der Waals surface area contributed by atoms with Crippen molar-refractivity contribution in [2.45, 2.75) is 13.0 Å². The van der Waals surface area contributed by atoms with Crippen LogP contribution in [0.15, 0.2) is 15.8 Å². The quantitative estimate of drug-likeness (QED) is 0.606. The molecule has 3 N–H and O–H groups in total. The van der Waals surface area contributed by atoms with Crippen molar-refractivity contribution in [3.8, 4) is 0 Å². The molecule has 0 amide bonds. The molecule has 6 nitrogen and oxygen atoms in total. The first kappa shape index (κ1) is 15.9. The molecule has 1 aromatic rings. The Morgan fingerprint density at radius 2 is 2.06 bits per heavy atom. The second kappa shape index (κ2) is 8.05. The van der Waals surface area contributed by atoms with Crippen LogP contribution in [0.1, 0.15) is 12.0 Å². The highest BCUT2D eigenvalue weighted by molar-refractivity contribution is 5.85. The number of aromatic amines is 2. The average molecular weight is 263 g/mol. The van der Waals surface area contributed by atoms with Gasteiger partial charge in [0.1, 0.15) is 0 Å². The van der Waals surface area contributed by atoms with Gasteiger partial charge < -0.3 is 15.2 Å². The second-order valence-corrected chi connectivity index (χ2v) is 3.93. The van der Waals surface area contributed by atoms with Gasteiger partial charge in [0.15, 0.2) is 0 Å². The molecule has 0 fully saturated rings. The summed E-state index contributed by atoms with van der Waals surface area (Å²) in [6.07, 6.45) is 2.47. The molecule has 0 bridgehead atoms. The SMILES string of the molecule is CN(C)CCCNCc1c[nH]c(=O)[nH]c1=O.Cl. The van der Waals surface area contributed by atoms with Crippen LogP contribution in [0.5, 0.6) is 0 Å². The molecule has 1 rings (SSSR count). The number of halogens is 1. The lowest BCUT2D eigenvalue weighted by atomic mass is 10.3. The van der Waals surface area contributed by atoms with E-state index >= 15 is 0 Å². The molecule has 98 valence electrons. The molecule has 0 spiro atoms. The standard InChI is InChI=1S/C10H18N4O2.ClH/c1-14(2)5-3-4-11-6-8-7-12-10(16)13-9(8)15;/h7,11H,3-6H2,1-2H3,(H2,12,13,15,16);1H. The third kappa shape index (κ3) is 6.25. The van der Waals surface area contributed by atoms with E-state index in [1.165, 1.54) is 6.20 Å². The summed E-state index contributed by atoms with van der Waals surface area (Å²) in [4.78, 5) is 28.8. The maximum Gasteiger partial charge on any atom is 0.325 e. The molecular weight excluding hydrogens is 244 g/mol. The van der Waals surface area contributed by atoms with E-state index in [0.717, 1.165) is 19.5 Å². The summed E-state index contributed by atoms with van der Waals surface area (Å²) in [6.45, 7) is 2.32. The van der Waals surface area contributed by atoms with Crippen molar-refractivity contribution in [1.29, 1.82) is 0 Å². The normalized spacial score (nSPS) is 10.3. The molecular formula is C10H19ClN4O2. The zero-order valence-electron chi connectivity index (χ0n) is 10.1. The van der Waals surface area contributed by atoms with E-state index in [-0.39, 0.29) is 18.0 Å². The van der Waals surface area contributed by atoms with Crippen molar-refractivity contribution in [3.63, 3.8) is 0 Å². The summed E-state index contributed by atoms with van der Waals surface area (Å²) in [6, 6.07) is 0. The molecule has 0 aliphatic carbocycles. The summed E-state index contributed by atoms with van der Waals surface area (Å²) in [5.41, 5.74) is -0.255. The van der Waals surface area contributed by atoms with Crippen molar-refractivity contribution in [1.82, 2.24) is 20.2 Å². The Hall–Kier alpha value is -1.11. The zero-order valence-corrected chi connectivity index (χ0v) is 10.9. The molecule has 0 aliphatic heterocycles. The molecule has 0 aromatic carbocycles. The molecule has 7 heteroatoms. The van der Waals surface area contributed by atoms with E-state index in [0.29, 0.717) is 12.1 Å². The molecule has 0 aliphatic rings. The minimum absolute atomic E-state index is 0. The van der Waals surface area contributed by atoms with E-state index < -0.39 is 5.69 Å². The van der Waals surface area contributed by atoms with Gasteiger partial charge in [0, 0.05) is 18.3 Å². The van der Waals surface area contributed by atoms with Crippen LogP contribution < -0.4 is 16.6 Å². The summed E-state index contributed by atoms with van der Waals surface area (Å²) >= 11 is 0. The van der Waals surface area contributed by atoms with Crippen LogP contribution in [0.2, 0.25) is 0 Å². The third-order valence-corrected chi connectivity index (χ3v) is 2.17. The van der Waals surface area contributed by atoms with Crippen molar-refractivity contribution in [2.75, 3.05) is 27.2 Å². The van der Waals surface area contributed by atoms with Gasteiger partial charge in [-0.1, -0.05) is 0 Å². The fourth-order valence-electron chi connectivity index (χ4n) is 1.31. The predicted molar refractivity (Wildman–Crippen MR) is 69.8 cm³/mol. The number of aromatic nitrogens is 2. The maximum absolute atomic E-state index is 11.3. The van der Waals surface area contributed by atoms with Crippen molar-refractivity contribution < 1.29 is 0 Å². The average Bonchev–Trinajstić information content (AvgIpc) is 2.20. The van der Waals surface area contributed by atoms with Gasteiger partial charge in [-0.05, 0) is 33.6 Å². The second-order valence-electron chi connectivity index (χ2n) is 3.93. The van der Waals surface area contributed by atoms with Crippen molar-refractivity contribution >= 4 is 12.4 Å². The number of rotatable bonds is 6. The summed E-state index contributed by atoms with van der Waals surface area (Å²) in [7, 11) is 4.04. The fourth-order valence-corrected chi connectivity index (χ4v) is 1.31. The largest absolute Gasteiger partial charge is 0.325 e. The predicted octanol–water partition coefficient (Wildman–Crippen LogP) is -0.474. The van der Waals surface area contributed by atoms with E-state index in [1.54, 1.807) is 0 Å². The number of nitrogens with zero attached hydrogens (tertiary/aromatic N) is 1. The number of H-pyrrole nitrogens is 2. The van der Waals surface area contributed by atoms with Gasteiger partial charge in [-0.15, -0.1) is 12.4 Å². The van der Waals surface area contributed by atoms with Gasteiger partial charge in [0.2, 0.25) is 0 Å². The van der Waals surface area contributed by atoms with E-state index in [1.807, 2.05) is 14.1 Å². The first-order valence-electron chi connectivity index (χ1n) is 5.26.